The van der Waals surface area contributed by atoms with Gasteiger partial charge in [-0.25, -0.2) is 13.8 Å². The van der Waals surface area contributed by atoms with Crippen molar-refractivity contribution >= 4 is 17.9 Å². The van der Waals surface area contributed by atoms with Gasteiger partial charge in [0.25, 0.3) is 5.91 Å². The molecule has 1 saturated heterocycles. The first kappa shape index (κ1) is 19.9. The average Bonchev–Trinajstić information content (AvgIpc) is 3.29. The molecule has 1 amide bonds. The van der Waals surface area contributed by atoms with Crippen LogP contribution in [-0.4, -0.2) is 36.2 Å². The second-order valence-electron chi connectivity index (χ2n) is 6.50. The van der Waals surface area contributed by atoms with E-state index in [4.69, 9.17) is 9.47 Å². The van der Waals surface area contributed by atoms with Crippen molar-refractivity contribution in [1.29, 1.82) is 0 Å². The Morgan fingerprint density at radius 2 is 1.70 bits per heavy atom. The Balaban J connectivity index is 1.51. The van der Waals surface area contributed by atoms with Crippen LogP contribution >= 0.6 is 0 Å². The summed E-state index contributed by atoms with van der Waals surface area (Å²) in [5, 5.41) is 0. The zero-order valence-electron chi connectivity index (χ0n) is 15.1. The summed E-state index contributed by atoms with van der Waals surface area (Å²) in [6.45, 7) is -0.304. The van der Waals surface area contributed by atoms with E-state index in [9.17, 15) is 26.7 Å². The minimum atomic E-state index is -4.46. The Hall–Kier alpha value is -3.43. The molecule has 2 aromatic carbocycles. The van der Waals surface area contributed by atoms with Crippen LogP contribution in [0.5, 0.6) is 0 Å². The predicted octanol–water partition coefficient (Wildman–Crippen LogP) is 3.94. The topological polar surface area (TPSA) is 51.1 Å². The fraction of sp³-hybridized carbons (Fsp3) is 0.200. The summed E-state index contributed by atoms with van der Waals surface area (Å²) in [6, 6.07) is 7.55. The summed E-state index contributed by atoms with van der Waals surface area (Å²) in [7, 11) is 0. The summed E-state index contributed by atoms with van der Waals surface area (Å²) >= 11 is 0. The SMILES string of the molecule is O=C1C(=Cc2ccc(C(F)(F)F)cc2)OCN1C1COC(c2c(F)cccc2F)=N1. The minimum Gasteiger partial charge on any atom is -0.473 e. The fourth-order valence-corrected chi connectivity index (χ4v) is 3.01. The van der Waals surface area contributed by atoms with Crippen molar-refractivity contribution in [2.75, 3.05) is 13.3 Å². The van der Waals surface area contributed by atoms with Crippen LogP contribution in [0.2, 0.25) is 0 Å². The summed E-state index contributed by atoms with van der Waals surface area (Å²) in [5.74, 6) is -2.61. The van der Waals surface area contributed by atoms with Crippen LogP contribution in [0.3, 0.4) is 0 Å². The highest BCUT2D eigenvalue weighted by molar-refractivity contribution is 5.99. The molecule has 2 aliphatic heterocycles. The lowest BCUT2D eigenvalue weighted by atomic mass is 10.1. The third kappa shape index (κ3) is 3.72. The van der Waals surface area contributed by atoms with Gasteiger partial charge in [-0.15, -0.1) is 0 Å². The Bertz CT molecular complexity index is 1030. The van der Waals surface area contributed by atoms with Crippen molar-refractivity contribution < 1.29 is 36.2 Å². The molecule has 1 unspecified atom stereocenters. The number of hydrogen-bond donors (Lipinski definition) is 0. The molecule has 1 fully saturated rings. The van der Waals surface area contributed by atoms with Crippen molar-refractivity contribution in [2.45, 2.75) is 12.3 Å². The number of halogens is 5. The van der Waals surface area contributed by atoms with Crippen LogP contribution in [-0.2, 0) is 20.4 Å². The van der Waals surface area contributed by atoms with Gasteiger partial charge < -0.3 is 9.47 Å². The van der Waals surface area contributed by atoms with Gasteiger partial charge in [0, 0.05) is 0 Å². The molecule has 10 heteroatoms. The second-order valence-corrected chi connectivity index (χ2v) is 6.50. The van der Waals surface area contributed by atoms with E-state index in [0.29, 0.717) is 5.56 Å². The van der Waals surface area contributed by atoms with Crippen molar-refractivity contribution in [1.82, 2.24) is 4.90 Å². The Labute approximate surface area is 167 Å². The zero-order valence-corrected chi connectivity index (χ0v) is 15.1. The lowest BCUT2D eigenvalue weighted by molar-refractivity contribution is -0.137. The van der Waals surface area contributed by atoms with E-state index >= 15 is 0 Å². The summed E-state index contributed by atoms with van der Waals surface area (Å²) in [4.78, 5) is 17.9. The van der Waals surface area contributed by atoms with Crippen LogP contribution in [0.1, 0.15) is 16.7 Å². The maximum atomic E-state index is 13.9. The van der Waals surface area contributed by atoms with E-state index in [1.807, 2.05) is 0 Å². The van der Waals surface area contributed by atoms with Gasteiger partial charge in [-0.1, -0.05) is 18.2 Å². The van der Waals surface area contributed by atoms with E-state index in [1.165, 1.54) is 29.2 Å². The first-order valence-electron chi connectivity index (χ1n) is 8.72. The largest absolute Gasteiger partial charge is 0.473 e. The van der Waals surface area contributed by atoms with E-state index < -0.39 is 41.0 Å². The van der Waals surface area contributed by atoms with Gasteiger partial charge in [0.15, 0.2) is 18.7 Å². The van der Waals surface area contributed by atoms with Gasteiger partial charge in [0.1, 0.15) is 23.8 Å². The molecule has 1 atom stereocenters. The molecule has 4 rings (SSSR count). The molecule has 2 aromatic rings. The number of hydrogen-bond acceptors (Lipinski definition) is 4. The number of carbonyl (C=O) groups is 1. The highest BCUT2D eigenvalue weighted by Gasteiger charge is 2.37. The molecule has 2 aliphatic rings. The predicted molar refractivity (Wildman–Crippen MR) is 94.9 cm³/mol. The number of amides is 1. The third-order valence-electron chi connectivity index (χ3n) is 4.54. The maximum absolute atomic E-state index is 13.9. The Morgan fingerprint density at radius 3 is 2.33 bits per heavy atom. The molecule has 5 nitrogen and oxygen atoms in total. The lowest BCUT2D eigenvalue weighted by Gasteiger charge is -2.15. The van der Waals surface area contributed by atoms with Crippen LogP contribution < -0.4 is 0 Å². The molecule has 2 heterocycles. The standard InChI is InChI=1S/C20H13F5N2O3/c21-13-2-1-3-14(22)17(13)18-26-16(9-29-18)27-10-30-15(19(27)28)8-11-4-6-12(7-5-11)20(23,24)25/h1-8,16H,9-10H2. The van der Waals surface area contributed by atoms with Crippen molar-refractivity contribution in [3.63, 3.8) is 0 Å². The molecule has 0 aromatic heterocycles. The number of aliphatic imine (C=N–C) groups is 1. The maximum Gasteiger partial charge on any atom is 0.416 e. The number of carbonyl (C=O) groups excluding carboxylic acids is 1. The molecular weight excluding hydrogens is 411 g/mol. The van der Waals surface area contributed by atoms with Gasteiger partial charge in [0.2, 0.25) is 5.90 Å². The third-order valence-corrected chi connectivity index (χ3v) is 4.54. The highest BCUT2D eigenvalue weighted by atomic mass is 19.4. The molecule has 0 aliphatic carbocycles. The number of benzene rings is 2. The van der Waals surface area contributed by atoms with E-state index in [1.54, 1.807) is 0 Å². The van der Waals surface area contributed by atoms with Crippen LogP contribution in [0, 0.1) is 11.6 Å². The van der Waals surface area contributed by atoms with Crippen molar-refractivity contribution in [2.24, 2.45) is 4.99 Å². The van der Waals surface area contributed by atoms with Gasteiger partial charge in [0.05, 0.1) is 5.56 Å². The van der Waals surface area contributed by atoms with E-state index in [2.05, 4.69) is 4.99 Å². The van der Waals surface area contributed by atoms with Gasteiger partial charge in [-0.3, -0.25) is 9.69 Å². The molecule has 0 saturated carbocycles. The molecule has 0 N–H and O–H groups in total. The average molecular weight is 424 g/mol. The molecular formula is C20H13F5N2O3. The van der Waals surface area contributed by atoms with Crippen LogP contribution in [0.15, 0.2) is 53.2 Å². The molecule has 0 bridgehead atoms. The van der Waals surface area contributed by atoms with Crippen LogP contribution in [0.25, 0.3) is 6.08 Å². The molecule has 30 heavy (non-hydrogen) atoms. The lowest BCUT2D eigenvalue weighted by Crippen LogP contribution is -2.36. The van der Waals surface area contributed by atoms with Crippen LogP contribution in [0.4, 0.5) is 22.0 Å². The second kappa shape index (κ2) is 7.43. The summed E-state index contributed by atoms with van der Waals surface area (Å²) in [6.07, 6.45) is -4.01. The molecule has 156 valence electrons. The van der Waals surface area contributed by atoms with Crippen molar-refractivity contribution in [3.8, 4) is 0 Å². The first-order valence-corrected chi connectivity index (χ1v) is 8.72. The minimum absolute atomic E-state index is 0.0875. The Kier molecular flexibility index (Phi) is 4.92. The first-order chi connectivity index (χ1) is 14.2. The fourth-order valence-electron chi connectivity index (χ4n) is 3.01. The summed E-state index contributed by atoms with van der Waals surface area (Å²) < 4.78 is 76.3. The van der Waals surface area contributed by atoms with E-state index in [-0.39, 0.29) is 25.0 Å². The van der Waals surface area contributed by atoms with Gasteiger partial charge >= 0.3 is 6.18 Å². The van der Waals surface area contributed by atoms with Crippen molar-refractivity contribution in [3.05, 3.63) is 76.5 Å². The van der Waals surface area contributed by atoms with Gasteiger partial charge in [-0.2, -0.15) is 13.2 Å². The monoisotopic (exact) mass is 424 g/mol. The van der Waals surface area contributed by atoms with Gasteiger partial charge in [-0.05, 0) is 35.9 Å². The number of ether oxygens (including phenoxy) is 2. The van der Waals surface area contributed by atoms with E-state index in [0.717, 1.165) is 24.3 Å². The Morgan fingerprint density at radius 1 is 1.03 bits per heavy atom. The number of nitrogens with zero attached hydrogens (tertiary/aromatic N) is 2. The smallest absolute Gasteiger partial charge is 0.416 e. The molecule has 0 spiro atoms. The quantitative estimate of drug-likeness (QED) is 0.554. The highest BCUT2D eigenvalue weighted by Crippen LogP contribution is 2.30. The number of rotatable bonds is 3. The number of alkyl halides is 3. The summed E-state index contributed by atoms with van der Waals surface area (Å²) in [5.41, 5.74) is -0.892. The normalized spacial score (nSPS) is 20.4. The zero-order chi connectivity index (χ0) is 21.5. The molecule has 0 radical (unpaired) electrons.